The highest BCUT2D eigenvalue weighted by molar-refractivity contribution is 5.89. The number of carboxylic acid groups (broad SMARTS) is 3. The largest absolute Gasteiger partial charge is 0.480 e. The molecule has 0 spiro atoms. The molecule has 0 aliphatic rings. The maximum atomic E-state index is 12.4. The summed E-state index contributed by atoms with van der Waals surface area (Å²) in [6.45, 7) is 2.50. The molecule has 14 heteroatoms. The summed E-state index contributed by atoms with van der Waals surface area (Å²) in [5, 5.41) is 33.7. The van der Waals surface area contributed by atoms with Crippen LogP contribution in [0.2, 0.25) is 0 Å². The van der Waals surface area contributed by atoms with Crippen LogP contribution in [0.15, 0.2) is 0 Å². The highest BCUT2D eigenvalue weighted by Gasteiger charge is 2.27. The predicted octanol–water partition coefficient (Wildman–Crippen LogP) is -0.207. The average molecular weight is 505 g/mol. The quantitative estimate of drug-likeness (QED) is 0.121. The molecule has 200 valence electrons. The monoisotopic (exact) mass is 504 g/mol. The van der Waals surface area contributed by atoms with Gasteiger partial charge in [-0.15, -0.1) is 0 Å². The second-order valence-electron chi connectivity index (χ2n) is 8.01. The van der Waals surface area contributed by atoms with Gasteiger partial charge in [0.25, 0.3) is 0 Å². The van der Waals surface area contributed by atoms with E-state index in [1.807, 2.05) is 6.92 Å². The van der Waals surface area contributed by atoms with Crippen LogP contribution in [0.3, 0.4) is 0 Å². The van der Waals surface area contributed by atoms with Crippen LogP contribution in [0.1, 0.15) is 65.2 Å². The highest BCUT2D eigenvalue weighted by Crippen LogP contribution is 2.06. The van der Waals surface area contributed by atoms with Crippen LogP contribution in [0.25, 0.3) is 0 Å². The molecule has 0 aliphatic carbocycles. The molecule has 0 saturated heterocycles. The van der Waals surface area contributed by atoms with Crippen molar-refractivity contribution in [1.82, 2.24) is 16.0 Å². The van der Waals surface area contributed by atoms with Gasteiger partial charge in [-0.3, -0.25) is 19.2 Å². The molecule has 0 aromatic heterocycles. The molecule has 0 saturated carbocycles. The van der Waals surface area contributed by atoms with Gasteiger partial charge in [-0.2, -0.15) is 0 Å². The van der Waals surface area contributed by atoms with Gasteiger partial charge in [0.2, 0.25) is 11.8 Å². The Bertz CT molecular complexity index is 746. The molecule has 0 aromatic rings. The lowest BCUT2D eigenvalue weighted by molar-refractivity contribution is -0.143. The maximum absolute atomic E-state index is 12.4. The third-order valence-electron chi connectivity index (χ3n) is 4.93. The zero-order valence-corrected chi connectivity index (χ0v) is 20.0. The summed E-state index contributed by atoms with van der Waals surface area (Å²) < 4.78 is 4.85. The summed E-state index contributed by atoms with van der Waals surface area (Å²) in [7, 11) is 0. The number of alkyl carbamates (subject to hydrolysis) is 1. The molecular weight excluding hydrogens is 468 g/mol. The predicted molar refractivity (Wildman–Crippen MR) is 121 cm³/mol. The summed E-state index contributed by atoms with van der Waals surface area (Å²) in [6, 6.07) is -5.27. The molecule has 0 aliphatic heterocycles. The number of nitrogens with one attached hydrogen (secondary N) is 3. The second kappa shape index (κ2) is 17.1. The van der Waals surface area contributed by atoms with E-state index in [4.69, 9.17) is 20.7 Å². The minimum atomic E-state index is -1.51. The van der Waals surface area contributed by atoms with E-state index >= 15 is 0 Å². The van der Waals surface area contributed by atoms with Crippen molar-refractivity contribution in [1.29, 1.82) is 0 Å². The molecule has 14 nitrogen and oxygen atoms in total. The standard InChI is InChI=1S/C21H36N4O10/c1-3-4-5-6-10-16(26)24-15(20(32)33)11-35-21(34)25-14(9-7-8-13(22)19(30)31)17(27)23-12(2)18(28)29/h12-15H,3-11,22H2,1-2H3,(H,23,27)(H,24,26)(H,25,34)(H,28,29)(H,30,31)(H,32,33)/t12-,13?,14-,15?/m1/s1. The zero-order valence-electron chi connectivity index (χ0n) is 20.0. The molecule has 8 N–H and O–H groups in total. The minimum absolute atomic E-state index is 0.0182. The van der Waals surface area contributed by atoms with Crippen molar-refractivity contribution in [2.75, 3.05) is 6.61 Å². The van der Waals surface area contributed by atoms with Crippen LogP contribution >= 0.6 is 0 Å². The van der Waals surface area contributed by atoms with Crippen LogP contribution in [-0.2, 0) is 28.7 Å². The van der Waals surface area contributed by atoms with E-state index in [2.05, 4.69) is 16.0 Å². The van der Waals surface area contributed by atoms with E-state index in [9.17, 15) is 33.9 Å². The lowest BCUT2D eigenvalue weighted by Crippen LogP contribution is -2.51. The number of carboxylic acids is 3. The number of rotatable bonds is 18. The summed E-state index contributed by atoms with van der Waals surface area (Å²) in [4.78, 5) is 69.7. The lowest BCUT2D eigenvalue weighted by Gasteiger charge is -2.21. The molecule has 3 amide bonds. The third-order valence-corrected chi connectivity index (χ3v) is 4.93. The van der Waals surface area contributed by atoms with Crippen LogP contribution in [0.5, 0.6) is 0 Å². The molecule has 0 aromatic carbocycles. The van der Waals surface area contributed by atoms with Crippen LogP contribution < -0.4 is 21.7 Å². The van der Waals surface area contributed by atoms with Crippen molar-refractivity contribution in [2.24, 2.45) is 5.73 Å². The van der Waals surface area contributed by atoms with Gasteiger partial charge in [0, 0.05) is 6.42 Å². The van der Waals surface area contributed by atoms with Crippen molar-refractivity contribution < 1.29 is 48.8 Å². The number of unbranched alkanes of at least 4 members (excludes halogenated alkanes) is 3. The Morgan fingerprint density at radius 2 is 1.46 bits per heavy atom. The van der Waals surface area contributed by atoms with E-state index in [0.717, 1.165) is 19.3 Å². The lowest BCUT2D eigenvalue weighted by atomic mass is 10.0. The SMILES string of the molecule is CCCCCCC(=O)NC(COC(=O)N[C@H](CCCC(N)C(=O)O)C(=O)N[C@H](C)C(=O)O)C(=O)O. The van der Waals surface area contributed by atoms with Gasteiger partial charge in [-0.25, -0.2) is 9.59 Å². The van der Waals surface area contributed by atoms with Crippen LogP contribution in [-0.4, -0.2) is 81.9 Å². The van der Waals surface area contributed by atoms with Gasteiger partial charge >= 0.3 is 24.0 Å². The van der Waals surface area contributed by atoms with Gasteiger partial charge in [0.15, 0.2) is 6.04 Å². The van der Waals surface area contributed by atoms with Gasteiger partial charge in [0.1, 0.15) is 24.7 Å². The van der Waals surface area contributed by atoms with Gasteiger partial charge in [0.05, 0.1) is 0 Å². The Morgan fingerprint density at radius 1 is 0.800 bits per heavy atom. The minimum Gasteiger partial charge on any atom is -0.480 e. The van der Waals surface area contributed by atoms with Gasteiger partial charge in [-0.1, -0.05) is 26.2 Å². The highest BCUT2D eigenvalue weighted by atomic mass is 16.6. The molecule has 0 rings (SSSR count). The second-order valence-corrected chi connectivity index (χ2v) is 8.01. The fraction of sp³-hybridized carbons (Fsp3) is 0.714. The van der Waals surface area contributed by atoms with E-state index in [-0.39, 0.29) is 25.7 Å². The first-order chi connectivity index (χ1) is 16.4. The number of carbonyl (C=O) groups is 6. The van der Waals surface area contributed by atoms with E-state index in [1.165, 1.54) is 6.92 Å². The molecule has 0 heterocycles. The summed E-state index contributed by atoms with van der Waals surface area (Å²) in [5.41, 5.74) is 5.41. The first kappa shape index (κ1) is 31.6. The normalized spacial score (nSPS) is 14.0. The summed E-state index contributed by atoms with van der Waals surface area (Å²) in [5.74, 6) is -5.36. The van der Waals surface area contributed by atoms with Crippen molar-refractivity contribution in [3.8, 4) is 0 Å². The van der Waals surface area contributed by atoms with Crippen molar-refractivity contribution >= 4 is 35.8 Å². The van der Waals surface area contributed by atoms with E-state index in [0.29, 0.717) is 6.42 Å². The Kier molecular flexibility index (Phi) is 15.4. The summed E-state index contributed by atoms with van der Waals surface area (Å²) in [6.07, 6.45) is 2.26. The van der Waals surface area contributed by atoms with E-state index < -0.39 is 66.6 Å². The first-order valence-corrected chi connectivity index (χ1v) is 11.4. The Balaban J connectivity index is 4.95. The number of hydrogen-bond acceptors (Lipinski definition) is 8. The first-order valence-electron chi connectivity index (χ1n) is 11.4. The van der Waals surface area contributed by atoms with Crippen LogP contribution in [0, 0.1) is 0 Å². The molecule has 0 bridgehead atoms. The number of aliphatic carboxylic acids is 3. The number of amides is 3. The Hall–Kier alpha value is -3.42. The number of nitrogens with two attached hydrogens (primary N) is 1. The molecule has 4 atom stereocenters. The zero-order chi connectivity index (χ0) is 27.0. The summed E-state index contributed by atoms with van der Waals surface area (Å²) >= 11 is 0. The van der Waals surface area contributed by atoms with Gasteiger partial charge < -0.3 is 41.7 Å². The molecule has 0 radical (unpaired) electrons. The molecular formula is C21H36N4O10. The maximum Gasteiger partial charge on any atom is 0.407 e. The van der Waals surface area contributed by atoms with Crippen molar-refractivity contribution in [2.45, 2.75) is 89.4 Å². The van der Waals surface area contributed by atoms with Crippen molar-refractivity contribution in [3.05, 3.63) is 0 Å². The topological polar surface area (TPSA) is 234 Å². The average Bonchev–Trinajstić information content (AvgIpc) is 2.78. The van der Waals surface area contributed by atoms with Gasteiger partial charge in [-0.05, 0) is 32.6 Å². The van der Waals surface area contributed by atoms with E-state index in [1.54, 1.807) is 0 Å². The third kappa shape index (κ3) is 14.4. The fourth-order valence-electron chi connectivity index (χ4n) is 2.81. The molecule has 0 fully saturated rings. The smallest absolute Gasteiger partial charge is 0.407 e. The fourth-order valence-corrected chi connectivity index (χ4v) is 2.81. The Labute approximate surface area is 202 Å². The van der Waals surface area contributed by atoms with Crippen molar-refractivity contribution in [3.63, 3.8) is 0 Å². The number of hydrogen-bond donors (Lipinski definition) is 7. The molecule has 2 unspecified atom stereocenters. The molecule has 35 heavy (non-hydrogen) atoms. The Morgan fingerprint density at radius 3 is 2.00 bits per heavy atom. The van der Waals surface area contributed by atoms with Crippen LogP contribution in [0.4, 0.5) is 4.79 Å². The number of ether oxygens (including phenoxy) is 1. The number of carbonyl (C=O) groups excluding carboxylic acids is 3.